The average molecular weight is 290 g/mol. The van der Waals surface area contributed by atoms with Gasteiger partial charge >= 0.3 is 0 Å². The van der Waals surface area contributed by atoms with Crippen molar-refractivity contribution in [3.63, 3.8) is 0 Å². The van der Waals surface area contributed by atoms with Gasteiger partial charge in [0.1, 0.15) is 5.75 Å². The van der Waals surface area contributed by atoms with Gasteiger partial charge in [-0.3, -0.25) is 9.69 Å². The molecule has 0 bridgehead atoms. The molecule has 1 saturated heterocycles. The number of aryl methyl sites for hydroxylation is 2. The predicted octanol–water partition coefficient (Wildman–Crippen LogP) is 2.13. The van der Waals surface area contributed by atoms with Gasteiger partial charge in [-0.2, -0.15) is 0 Å². The van der Waals surface area contributed by atoms with Crippen molar-refractivity contribution in [2.75, 3.05) is 46.4 Å². The van der Waals surface area contributed by atoms with Crippen LogP contribution in [0.3, 0.4) is 0 Å². The van der Waals surface area contributed by atoms with Crippen molar-refractivity contribution >= 4 is 5.78 Å². The van der Waals surface area contributed by atoms with Crippen molar-refractivity contribution in [1.29, 1.82) is 0 Å². The molecule has 116 valence electrons. The van der Waals surface area contributed by atoms with E-state index in [0.717, 1.165) is 48.6 Å². The molecule has 0 aliphatic carbocycles. The number of ether oxygens (including phenoxy) is 1. The first kappa shape index (κ1) is 16.0. The monoisotopic (exact) mass is 290 g/mol. The lowest BCUT2D eigenvalue weighted by Gasteiger charge is -2.31. The zero-order chi connectivity index (χ0) is 15.4. The molecular formula is C17H26N2O2. The van der Waals surface area contributed by atoms with Crippen molar-refractivity contribution < 1.29 is 9.53 Å². The van der Waals surface area contributed by atoms with Gasteiger partial charge in [0.05, 0.1) is 18.7 Å². The second kappa shape index (κ2) is 7.05. The number of hydrogen-bond acceptors (Lipinski definition) is 4. The summed E-state index contributed by atoms with van der Waals surface area (Å²) < 4.78 is 5.65. The normalized spacial score (nSPS) is 17.0. The van der Waals surface area contributed by atoms with Crippen LogP contribution in [0.1, 0.15) is 28.4 Å². The molecule has 0 N–H and O–H groups in total. The molecule has 21 heavy (non-hydrogen) atoms. The predicted molar refractivity (Wildman–Crippen MR) is 85.4 cm³/mol. The molecule has 4 nitrogen and oxygen atoms in total. The van der Waals surface area contributed by atoms with E-state index in [4.69, 9.17) is 4.74 Å². The number of carbonyl (C=O) groups excluding carboxylic acids is 1. The van der Waals surface area contributed by atoms with Crippen LogP contribution in [0.25, 0.3) is 0 Å². The Labute approximate surface area is 127 Å². The van der Waals surface area contributed by atoms with Crippen LogP contribution in [-0.2, 0) is 0 Å². The van der Waals surface area contributed by atoms with Gasteiger partial charge in [0.25, 0.3) is 0 Å². The summed E-state index contributed by atoms with van der Waals surface area (Å²) >= 11 is 0. The van der Waals surface area contributed by atoms with Gasteiger partial charge < -0.3 is 9.64 Å². The fourth-order valence-corrected chi connectivity index (χ4v) is 2.58. The number of piperazine rings is 1. The number of Topliss-reactive ketones (excluding diaryl/α,β-unsaturated/α-hetero) is 1. The Morgan fingerprint density at radius 1 is 1.14 bits per heavy atom. The van der Waals surface area contributed by atoms with Gasteiger partial charge in [-0.05, 0) is 51.1 Å². The van der Waals surface area contributed by atoms with E-state index in [1.165, 1.54) is 0 Å². The Morgan fingerprint density at radius 3 is 2.38 bits per heavy atom. The molecule has 0 aromatic heterocycles. The maximum absolute atomic E-state index is 12.6. The number of nitrogens with zero attached hydrogens (tertiary/aromatic N) is 2. The van der Waals surface area contributed by atoms with Crippen LogP contribution in [0.5, 0.6) is 5.75 Å². The van der Waals surface area contributed by atoms with E-state index in [0.29, 0.717) is 13.2 Å². The summed E-state index contributed by atoms with van der Waals surface area (Å²) in [4.78, 5) is 17.1. The maximum Gasteiger partial charge on any atom is 0.180 e. The summed E-state index contributed by atoms with van der Waals surface area (Å²) in [6.45, 7) is 11.1. The van der Waals surface area contributed by atoms with E-state index in [2.05, 4.69) is 16.8 Å². The van der Waals surface area contributed by atoms with Crippen LogP contribution in [0, 0.1) is 13.8 Å². The van der Waals surface area contributed by atoms with Crippen LogP contribution in [0.2, 0.25) is 0 Å². The first-order valence-corrected chi connectivity index (χ1v) is 7.69. The Balaban J connectivity index is 2.12. The Kier molecular flexibility index (Phi) is 5.37. The SMILES string of the molecule is CCOc1cc(C)c(C)cc1C(=O)CN1CCN(C)CC1. The molecule has 1 aliphatic heterocycles. The van der Waals surface area contributed by atoms with Gasteiger partial charge in [-0.1, -0.05) is 0 Å². The summed E-state index contributed by atoms with van der Waals surface area (Å²) in [6, 6.07) is 3.95. The number of ketones is 1. The van der Waals surface area contributed by atoms with Crippen LogP contribution in [0.15, 0.2) is 12.1 Å². The lowest BCUT2D eigenvalue weighted by atomic mass is 10.0. The third kappa shape index (κ3) is 4.05. The van der Waals surface area contributed by atoms with Crippen LogP contribution in [0.4, 0.5) is 0 Å². The molecule has 0 unspecified atom stereocenters. The van der Waals surface area contributed by atoms with Gasteiger partial charge in [0, 0.05) is 26.2 Å². The smallest absolute Gasteiger partial charge is 0.180 e. The number of likely N-dealkylation sites (N-methyl/N-ethyl adjacent to an activating group) is 1. The molecule has 4 heteroatoms. The number of carbonyl (C=O) groups is 1. The van der Waals surface area contributed by atoms with Crippen molar-refractivity contribution in [1.82, 2.24) is 9.80 Å². The van der Waals surface area contributed by atoms with Crippen LogP contribution < -0.4 is 4.74 Å². The topological polar surface area (TPSA) is 32.8 Å². The zero-order valence-corrected chi connectivity index (χ0v) is 13.6. The second-order valence-electron chi connectivity index (χ2n) is 5.87. The molecule has 1 aromatic carbocycles. The third-order valence-corrected chi connectivity index (χ3v) is 4.16. The molecule has 0 radical (unpaired) electrons. The van der Waals surface area contributed by atoms with E-state index < -0.39 is 0 Å². The summed E-state index contributed by atoms with van der Waals surface area (Å²) in [7, 11) is 2.12. The number of hydrogen-bond donors (Lipinski definition) is 0. The molecule has 0 amide bonds. The van der Waals surface area contributed by atoms with E-state index >= 15 is 0 Å². The Bertz CT molecular complexity index is 506. The standard InChI is InChI=1S/C17H26N2O2/c1-5-21-17-11-14(3)13(2)10-15(17)16(20)12-19-8-6-18(4)7-9-19/h10-11H,5-9,12H2,1-4H3. The first-order chi connectivity index (χ1) is 10.0. The number of rotatable bonds is 5. The molecule has 0 saturated carbocycles. The fourth-order valence-electron chi connectivity index (χ4n) is 2.58. The molecule has 1 aromatic rings. The first-order valence-electron chi connectivity index (χ1n) is 7.69. The number of benzene rings is 1. The highest BCUT2D eigenvalue weighted by atomic mass is 16.5. The molecule has 0 atom stereocenters. The zero-order valence-electron chi connectivity index (χ0n) is 13.6. The fraction of sp³-hybridized carbons (Fsp3) is 0.588. The summed E-state index contributed by atoms with van der Waals surface area (Å²) in [5, 5.41) is 0. The second-order valence-corrected chi connectivity index (χ2v) is 5.87. The van der Waals surface area contributed by atoms with Gasteiger partial charge in [-0.15, -0.1) is 0 Å². The van der Waals surface area contributed by atoms with Crippen molar-refractivity contribution in [3.05, 3.63) is 28.8 Å². The highest BCUT2D eigenvalue weighted by Crippen LogP contribution is 2.24. The van der Waals surface area contributed by atoms with Crippen LogP contribution in [-0.4, -0.2) is 62.0 Å². The maximum atomic E-state index is 12.6. The van der Waals surface area contributed by atoms with Gasteiger partial charge in [0.2, 0.25) is 0 Å². The third-order valence-electron chi connectivity index (χ3n) is 4.16. The highest BCUT2D eigenvalue weighted by Gasteiger charge is 2.20. The molecule has 2 rings (SSSR count). The summed E-state index contributed by atoms with van der Waals surface area (Å²) in [5.74, 6) is 0.880. The molecule has 0 spiro atoms. The minimum Gasteiger partial charge on any atom is -0.493 e. The Morgan fingerprint density at radius 2 is 1.76 bits per heavy atom. The van der Waals surface area contributed by atoms with Crippen molar-refractivity contribution in [2.45, 2.75) is 20.8 Å². The van der Waals surface area contributed by atoms with Crippen molar-refractivity contribution in [2.24, 2.45) is 0 Å². The largest absolute Gasteiger partial charge is 0.493 e. The minimum atomic E-state index is 0.158. The quantitative estimate of drug-likeness (QED) is 0.778. The Hall–Kier alpha value is -1.39. The lowest BCUT2D eigenvalue weighted by Crippen LogP contribution is -2.46. The van der Waals surface area contributed by atoms with E-state index in [1.807, 2.05) is 32.9 Å². The highest BCUT2D eigenvalue weighted by molar-refractivity contribution is 6.00. The average Bonchev–Trinajstić information content (AvgIpc) is 2.45. The molecular weight excluding hydrogens is 264 g/mol. The summed E-state index contributed by atoms with van der Waals surface area (Å²) in [5.41, 5.74) is 3.02. The summed E-state index contributed by atoms with van der Waals surface area (Å²) in [6.07, 6.45) is 0. The van der Waals surface area contributed by atoms with E-state index in [1.54, 1.807) is 0 Å². The molecule has 1 fully saturated rings. The molecule has 1 aliphatic rings. The van der Waals surface area contributed by atoms with Crippen LogP contribution >= 0.6 is 0 Å². The lowest BCUT2D eigenvalue weighted by molar-refractivity contribution is 0.0873. The van der Waals surface area contributed by atoms with Gasteiger partial charge in [-0.25, -0.2) is 0 Å². The van der Waals surface area contributed by atoms with Crippen molar-refractivity contribution in [3.8, 4) is 5.75 Å². The minimum absolute atomic E-state index is 0.158. The van der Waals surface area contributed by atoms with Gasteiger partial charge in [0.15, 0.2) is 5.78 Å². The van der Waals surface area contributed by atoms with E-state index in [9.17, 15) is 4.79 Å². The van der Waals surface area contributed by atoms with E-state index in [-0.39, 0.29) is 5.78 Å². The molecule has 1 heterocycles.